The summed E-state index contributed by atoms with van der Waals surface area (Å²) in [5.41, 5.74) is 1.56. The number of aryl methyl sites for hydroxylation is 2. The molecule has 2 aliphatic carbocycles. The summed E-state index contributed by atoms with van der Waals surface area (Å²) >= 11 is 0. The number of fused-ring (bicyclic) bond motifs is 3. The number of ether oxygens (including phenoxy) is 1. The number of nitrogens with zero attached hydrogens (tertiary/aromatic N) is 4. The van der Waals surface area contributed by atoms with Crippen molar-refractivity contribution in [3.63, 3.8) is 0 Å². The SMILES string of the molecule is C=C1CCC[C@]2(C)C[C@@H]3OC(=O)C(Cc4nc5c(c(=O)n(C)c(=O)n5C)n4CCCC)[C@H]3C[C@@H]12. The molecule has 34 heavy (non-hydrogen) atoms. The lowest BCUT2D eigenvalue weighted by molar-refractivity contribution is -0.146. The van der Waals surface area contributed by atoms with E-state index in [1.54, 1.807) is 7.05 Å². The molecule has 0 spiro atoms. The summed E-state index contributed by atoms with van der Waals surface area (Å²) < 4.78 is 10.5. The van der Waals surface area contributed by atoms with E-state index in [9.17, 15) is 14.4 Å². The van der Waals surface area contributed by atoms with Crippen molar-refractivity contribution in [1.82, 2.24) is 18.7 Å². The first-order chi connectivity index (χ1) is 16.2. The Balaban J connectivity index is 1.54. The van der Waals surface area contributed by atoms with Crippen LogP contribution in [-0.4, -0.2) is 30.8 Å². The van der Waals surface area contributed by atoms with Crippen LogP contribution in [0.1, 0.15) is 64.6 Å². The van der Waals surface area contributed by atoms with Crippen LogP contribution in [-0.2, 0) is 36.6 Å². The summed E-state index contributed by atoms with van der Waals surface area (Å²) in [6.07, 6.45) is 7.41. The first-order valence-electron chi connectivity index (χ1n) is 12.7. The molecular weight excluding hydrogens is 432 g/mol. The van der Waals surface area contributed by atoms with Crippen LogP contribution < -0.4 is 11.2 Å². The van der Waals surface area contributed by atoms with Crippen LogP contribution in [0.25, 0.3) is 11.2 Å². The molecule has 0 N–H and O–H groups in total. The lowest BCUT2D eigenvalue weighted by Crippen LogP contribution is -2.44. The zero-order valence-electron chi connectivity index (χ0n) is 20.8. The van der Waals surface area contributed by atoms with Crippen LogP contribution in [0.2, 0.25) is 0 Å². The van der Waals surface area contributed by atoms with E-state index < -0.39 is 5.69 Å². The Morgan fingerprint density at radius 1 is 1.21 bits per heavy atom. The van der Waals surface area contributed by atoms with Crippen molar-refractivity contribution in [3.05, 3.63) is 38.8 Å². The summed E-state index contributed by atoms with van der Waals surface area (Å²) in [5.74, 6) is 0.805. The Morgan fingerprint density at radius 3 is 2.71 bits per heavy atom. The van der Waals surface area contributed by atoms with Gasteiger partial charge in [-0.2, -0.15) is 0 Å². The van der Waals surface area contributed by atoms with E-state index in [1.807, 2.05) is 4.57 Å². The molecule has 2 aromatic rings. The first kappa shape index (κ1) is 23.1. The van der Waals surface area contributed by atoms with E-state index in [2.05, 4.69) is 20.4 Å². The minimum absolute atomic E-state index is 0.0599. The van der Waals surface area contributed by atoms with E-state index in [-0.39, 0.29) is 34.9 Å². The average Bonchev–Trinajstić information content (AvgIpc) is 3.30. The fraction of sp³-hybridized carbons (Fsp3) is 0.692. The normalized spacial score (nSPS) is 30.9. The molecule has 3 aliphatic rings. The quantitative estimate of drug-likeness (QED) is 0.497. The lowest BCUT2D eigenvalue weighted by Gasteiger charge is -2.50. The number of rotatable bonds is 5. The van der Waals surface area contributed by atoms with Crippen molar-refractivity contribution in [2.45, 2.75) is 77.9 Å². The molecule has 2 saturated carbocycles. The number of carbonyl (C=O) groups excluding carboxylic acids is 1. The fourth-order valence-electron chi connectivity index (χ4n) is 6.89. The summed E-state index contributed by atoms with van der Waals surface area (Å²) in [7, 11) is 3.14. The van der Waals surface area contributed by atoms with E-state index in [4.69, 9.17) is 9.72 Å². The largest absolute Gasteiger partial charge is 0.462 e. The van der Waals surface area contributed by atoms with E-state index in [0.29, 0.717) is 35.9 Å². The van der Waals surface area contributed by atoms with Crippen LogP contribution in [0.15, 0.2) is 21.7 Å². The third-order valence-corrected chi connectivity index (χ3v) is 8.88. The molecule has 5 atom stereocenters. The van der Waals surface area contributed by atoms with E-state index >= 15 is 0 Å². The van der Waals surface area contributed by atoms with Crippen molar-refractivity contribution in [2.24, 2.45) is 37.3 Å². The first-order valence-corrected chi connectivity index (χ1v) is 12.7. The van der Waals surface area contributed by atoms with Crippen LogP contribution in [0, 0.1) is 23.2 Å². The molecule has 3 fully saturated rings. The van der Waals surface area contributed by atoms with Crippen molar-refractivity contribution in [3.8, 4) is 0 Å². The Labute approximate surface area is 199 Å². The Morgan fingerprint density at radius 2 is 1.97 bits per heavy atom. The van der Waals surface area contributed by atoms with E-state index in [1.165, 1.54) is 17.2 Å². The van der Waals surface area contributed by atoms with Gasteiger partial charge in [0.05, 0.1) is 5.92 Å². The van der Waals surface area contributed by atoms with Gasteiger partial charge in [0.2, 0.25) is 0 Å². The number of imidazole rings is 1. The van der Waals surface area contributed by atoms with Gasteiger partial charge in [0.25, 0.3) is 5.56 Å². The number of aromatic nitrogens is 4. The number of hydrogen-bond acceptors (Lipinski definition) is 5. The second kappa shape index (κ2) is 8.24. The van der Waals surface area contributed by atoms with Gasteiger partial charge in [0, 0.05) is 33.0 Å². The highest BCUT2D eigenvalue weighted by atomic mass is 16.6. The predicted octanol–water partition coefficient (Wildman–Crippen LogP) is 3.09. The van der Waals surface area contributed by atoms with Gasteiger partial charge in [-0.05, 0) is 49.9 Å². The third-order valence-electron chi connectivity index (χ3n) is 8.88. The lowest BCUT2D eigenvalue weighted by atomic mass is 9.55. The number of esters is 1. The molecule has 3 heterocycles. The van der Waals surface area contributed by atoms with Gasteiger partial charge in [-0.25, -0.2) is 9.78 Å². The highest BCUT2D eigenvalue weighted by Crippen LogP contribution is 2.57. The van der Waals surface area contributed by atoms with Crippen molar-refractivity contribution < 1.29 is 9.53 Å². The topological polar surface area (TPSA) is 88.1 Å². The molecule has 2 aromatic heterocycles. The summed E-state index contributed by atoms with van der Waals surface area (Å²) in [5, 5.41) is 0. The predicted molar refractivity (Wildman–Crippen MR) is 130 cm³/mol. The highest BCUT2D eigenvalue weighted by molar-refractivity contribution is 5.76. The Bertz CT molecular complexity index is 1280. The number of allylic oxidation sites excluding steroid dienone is 1. The smallest absolute Gasteiger partial charge is 0.332 e. The maximum Gasteiger partial charge on any atom is 0.332 e. The minimum atomic E-state index is -0.396. The average molecular weight is 469 g/mol. The molecule has 8 heteroatoms. The van der Waals surface area contributed by atoms with Crippen LogP contribution in [0.3, 0.4) is 0 Å². The Hall–Kier alpha value is -2.64. The molecule has 1 saturated heterocycles. The van der Waals surface area contributed by atoms with Crippen LogP contribution >= 0.6 is 0 Å². The molecule has 1 aliphatic heterocycles. The minimum Gasteiger partial charge on any atom is -0.462 e. The fourth-order valence-corrected chi connectivity index (χ4v) is 6.89. The van der Waals surface area contributed by atoms with Gasteiger partial charge in [0.1, 0.15) is 11.9 Å². The molecular formula is C26H36N4O4. The van der Waals surface area contributed by atoms with Gasteiger partial charge < -0.3 is 9.30 Å². The molecule has 1 unspecified atom stereocenters. The van der Waals surface area contributed by atoms with E-state index in [0.717, 1.165) is 49.5 Å². The van der Waals surface area contributed by atoms with Gasteiger partial charge >= 0.3 is 11.7 Å². The summed E-state index contributed by atoms with van der Waals surface area (Å²) in [6, 6.07) is 0. The maximum atomic E-state index is 13.1. The zero-order chi connectivity index (χ0) is 24.4. The number of hydrogen-bond donors (Lipinski definition) is 0. The molecule has 0 bridgehead atoms. The van der Waals surface area contributed by atoms with Crippen molar-refractivity contribution >= 4 is 17.1 Å². The van der Waals surface area contributed by atoms with Gasteiger partial charge in [-0.1, -0.05) is 32.4 Å². The molecule has 5 rings (SSSR count). The Kier molecular flexibility index (Phi) is 5.60. The third kappa shape index (κ3) is 3.40. The zero-order valence-corrected chi connectivity index (χ0v) is 20.8. The van der Waals surface area contributed by atoms with Crippen molar-refractivity contribution in [2.75, 3.05) is 0 Å². The summed E-state index contributed by atoms with van der Waals surface area (Å²) in [4.78, 5) is 43.4. The standard InChI is InChI=1S/C26H36N4O4/c1-6-7-11-30-20(27-22-21(30)23(31)29(5)25(33)28(22)4)13-17-16-12-18-15(2)9-8-10-26(18,3)14-19(16)34-24(17)32/h16-19H,2,6-14H2,1,3-5H3/t16-,17?,18+,19+,26-/m1/s1. The number of carbonyl (C=O) groups is 1. The molecule has 184 valence electrons. The van der Waals surface area contributed by atoms with Crippen LogP contribution in [0.5, 0.6) is 0 Å². The monoisotopic (exact) mass is 468 g/mol. The summed E-state index contributed by atoms with van der Waals surface area (Å²) in [6.45, 7) is 9.45. The highest BCUT2D eigenvalue weighted by Gasteiger charge is 2.55. The van der Waals surface area contributed by atoms with Gasteiger partial charge in [-0.3, -0.25) is 18.7 Å². The van der Waals surface area contributed by atoms with Crippen molar-refractivity contribution in [1.29, 1.82) is 0 Å². The van der Waals surface area contributed by atoms with Crippen LogP contribution in [0.4, 0.5) is 0 Å². The molecule has 0 amide bonds. The molecule has 0 radical (unpaired) electrons. The van der Waals surface area contributed by atoms with Gasteiger partial charge in [-0.15, -0.1) is 0 Å². The van der Waals surface area contributed by atoms with Gasteiger partial charge in [0.15, 0.2) is 11.2 Å². The maximum absolute atomic E-state index is 13.1. The molecule has 8 nitrogen and oxygen atoms in total. The molecule has 0 aromatic carbocycles. The second-order valence-corrected chi connectivity index (χ2v) is 11.0. The number of unbranched alkanes of at least 4 members (excludes halogenated alkanes) is 1. The second-order valence-electron chi connectivity index (χ2n) is 11.0.